The number of quaternary nitrogens is 1. The third kappa shape index (κ3) is 2.85. The van der Waals surface area contributed by atoms with Crippen molar-refractivity contribution < 1.29 is 19.5 Å². The molecular weight excluding hydrogens is 290 g/mol. The first-order valence-electron chi connectivity index (χ1n) is 7.59. The minimum atomic E-state index is -0.156. The van der Waals surface area contributed by atoms with E-state index < -0.39 is 0 Å². The van der Waals surface area contributed by atoms with Crippen LogP contribution in [0.4, 0.5) is 0 Å². The van der Waals surface area contributed by atoms with Gasteiger partial charge in [-0.25, -0.2) is 0 Å². The lowest BCUT2D eigenvalue weighted by molar-refractivity contribution is -0.872. The highest BCUT2D eigenvalue weighted by Crippen LogP contribution is 2.40. The van der Waals surface area contributed by atoms with Gasteiger partial charge in [0.05, 0.1) is 19.7 Å². The topological polar surface area (TPSA) is 53.8 Å². The number of allylic oxidation sites excluding steroid dienone is 1. The molecule has 2 aromatic rings. The van der Waals surface area contributed by atoms with E-state index in [9.17, 15) is 9.90 Å². The first-order valence-corrected chi connectivity index (χ1v) is 7.59. The monoisotopic (exact) mass is 309 g/mol. The van der Waals surface area contributed by atoms with E-state index in [0.29, 0.717) is 29.0 Å². The second kappa shape index (κ2) is 5.89. The van der Waals surface area contributed by atoms with Gasteiger partial charge in [-0.3, -0.25) is 4.79 Å². The van der Waals surface area contributed by atoms with Crippen LogP contribution in [-0.2, 0) is 6.54 Å². The smallest absolute Gasteiger partial charge is 0.232 e. The predicted molar refractivity (Wildman–Crippen MR) is 86.5 cm³/mol. The number of fused-ring (bicyclic) bond motifs is 1. The maximum atomic E-state index is 12.7. The molecule has 1 heterocycles. The van der Waals surface area contributed by atoms with Gasteiger partial charge >= 0.3 is 0 Å². The molecule has 3 rings (SSSR count). The Balaban J connectivity index is 2.08. The molecule has 0 saturated carbocycles. The van der Waals surface area contributed by atoms with Crippen LogP contribution in [0.5, 0.6) is 11.5 Å². The van der Waals surface area contributed by atoms with Crippen LogP contribution in [0, 0.1) is 6.92 Å². The van der Waals surface area contributed by atoms with Crippen LogP contribution in [-0.4, -0.2) is 19.9 Å². The molecule has 0 bridgehead atoms. The van der Waals surface area contributed by atoms with E-state index in [1.54, 1.807) is 13.0 Å². The third-order valence-corrected chi connectivity index (χ3v) is 3.83. The van der Waals surface area contributed by atoms with Crippen LogP contribution in [0.25, 0.3) is 6.08 Å². The van der Waals surface area contributed by atoms with Crippen molar-refractivity contribution >= 4 is 11.9 Å². The lowest BCUT2D eigenvalue weighted by Crippen LogP contribution is -3.04. The van der Waals surface area contributed by atoms with Crippen LogP contribution in [0.2, 0.25) is 0 Å². The molecule has 4 nitrogen and oxygen atoms in total. The first kappa shape index (κ1) is 15.3. The summed E-state index contributed by atoms with van der Waals surface area (Å²) in [6.45, 7) is 2.30. The number of nitrogens with one attached hydrogen (secondary N) is 1. The zero-order valence-corrected chi connectivity index (χ0v) is 13.5. The molecule has 2 aromatic carbocycles. The number of Topliss-reactive ketones (excluding diaryl/α,β-unsaturated/α-hetero) is 1. The van der Waals surface area contributed by atoms with E-state index in [-0.39, 0.29) is 17.3 Å². The van der Waals surface area contributed by atoms with Crippen molar-refractivity contribution in [1.82, 2.24) is 0 Å². The summed E-state index contributed by atoms with van der Waals surface area (Å²) >= 11 is 0. The summed E-state index contributed by atoms with van der Waals surface area (Å²) in [6, 6.07) is 11.1. The lowest BCUT2D eigenvalue weighted by Gasteiger charge is -2.19. The zero-order valence-electron chi connectivity index (χ0n) is 13.5. The molecular formula is C19H19NO3. The van der Waals surface area contributed by atoms with Gasteiger partial charge in [-0.2, -0.15) is 0 Å². The predicted octanol–water partition coefficient (Wildman–Crippen LogP) is 1.33. The van der Waals surface area contributed by atoms with E-state index in [1.807, 2.05) is 44.4 Å². The number of ketones is 1. The second-order valence-electron chi connectivity index (χ2n) is 6.11. The van der Waals surface area contributed by atoms with E-state index in [0.717, 1.165) is 10.5 Å². The molecule has 0 aromatic heterocycles. The largest absolute Gasteiger partial charge is 0.872 e. The number of benzene rings is 2. The van der Waals surface area contributed by atoms with E-state index in [2.05, 4.69) is 0 Å². The van der Waals surface area contributed by atoms with Crippen molar-refractivity contribution in [3.05, 3.63) is 64.4 Å². The number of aryl methyl sites for hydroxylation is 1. The van der Waals surface area contributed by atoms with Gasteiger partial charge in [0.15, 0.2) is 5.76 Å². The quantitative estimate of drug-likeness (QED) is 0.870. The summed E-state index contributed by atoms with van der Waals surface area (Å²) in [5, 5.41) is 12.3. The van der Waals surface area contributed by atoms with E-state index in [4.69, 9.17) is 4.74 Å². The van der Waals surface area contributed by atoms with Crippen molar-refractivity contribution in [2.24, 2.45) is 0 Å². The maximum absolute atomic E-state index is 12.7. The molecule has 1 aliphatic heterocycles. The average molecular weight is 309 g/mol. The number of ether oxygens (including phenoxy) is 1. The van der Waals surface area contributed by atoms with Gasteiger partial charge in [-0.05, 0) is 24.1 Å². The summed E-state index contributed by atoms with van der Waals surface area (Å²) in [5.74, 6) is 0.478. The second-order valence-corrected chi connectivity index (χ2v) is 6.11. The maximum Gasteiger partial charge on any atom is 0.232 e. The van der Waals surface area contributed by atoms with Gasteiger partial charge in [-0.1, -0.05) is 42.1 Å². The Morgan fingerprint density at radius 2 is 1.91 bits per heavy atom. The van der Waals surface area contributed by atoms with Crippen LogP contribution in [0.1, 0.15) is 27.0 Å². The Kier molecular flexibility index (Phi) is 3.92. The highest BCUT2D eigenvalue weighted by atomic mass is 16.5. The van der Waals surface area contributed by atoms with Gasteiger partial charge in [0.25, 0.3) is 0 Å². The minimum absolute atomic E-state index is 0.0730. The average Bonchev–Trinajstić information content (AvgIpc) is 2.82. The Labute approximate surface area is 135 Å². The molecule has 0 fully saturated rings. The number of hydrogen-bond acceptors (Lipinski definition) is 3. The zero-order chi connectivity index (χ0) is 16.6. The van der Waals surface area contributed by atoms with Crippen molar-refractivity contribution in [2.45, 2.75) is 13.5 Å². The normalized spacial score (nSPS) is 15.1. The van der Waals surface area contributed by atoms with Gasteiger partial charge < -0.3 is 14.7 Å². The van der Waals surface area contributed by atoms with Crippen molar-refractivity contribution in [3.63, 3.8) is 0 Å². The Hall–Kier alpha value is -2.59. The van der Waals surface area contributed by atoms with Crippen LogP contribution in [0.15, 0.2) is 42.2 Å². The molecule has 118 valence electrons. The molecule has 23 heavy (non-hydrogen) atoms. The van der Waals surface area contributed by atoms with Gasteiger partial charge in [0.2, 0.25) is 5.78 Å². The summed E-state index contributed by atoms with van der Waals surface area (Å²) in [7, 11) is 3.92. The SMILES string of the molecule is Cc1cc([O-])c(C[NH+](C)C)c2c1C(=O)C(=Cc1ccccc1)O2. The summed E-state index contributed by atoms with van der Waals surface area (Å²) in [5.41, 5.74) is 2.64. The number of hydrogen-bond donors (Lipinski definition) is 1. The molecule has 0 spiro atoms. The first-order chi connectivity index (χ1) is 11.0. The van der Waals surface area contributed by atoms with E-state index >= 15 is 0 Å². The minimum Gasteiger partial charge on any atom is -0.872 e. The Bertz CT molecular complexity index is 792. The summed E-state index contributed by atoms with van der Waals surface area (Å²) in [4.78, 5) is 13.8. The summed E-state index contributed by atoms with van der Waals surface area (Å²) in [6.07, 6.45) is 1.72. The van der Waals surface area contributed by atoms with Crippen LogP contribution < -0.4 is 14.7 Å². The molecule has 0 unspecified atom stereocenters. The molecule has 0 aliphatic carbocycles. The standard InChI is InChI=1S/C19H19NO3/c1-12-9-15(21)14(11-20(2)3)19-17(12)18(22)16(23-19)10-13-7-5-4-6-8-13/h4-10,21H,11H2,1-3H3. The Morgan fingerprint density at radius 1 is 1.22 bits per heavy atom. The third-order valence-electron chi connectivity index (χ3n) is 3.83. The fourth-order valence-corrected chi connectivity index (χ4v) is 2.79. The van der Waals surface area contributed by atoms with Crippen molar-refractivity contribution in [3.8, 4) is 11.5 Å². The Morgan fingerprint density at radius 3 is 2.57 bits per heavy atom. The highest BCUT2D eigenvalue weighted by Gasteiger charge is 2.32. The molecule has 1 N–H and O–H groups in total. The van der Waals surface area contributed by atoms with Gasteiger partial charge in [-0.15, -0.1) is 0 Å². The van der Waals surface area contributed by atoms with Crippen molar-refractivity contribution in [2.75, 3.05) is 14.1 Å². The molecule has 0 saturated heterocycles. The molecule has 0 atom stereocenters. The highest BCUT2D eigenvalue weighted by molar-refractivity contribution is 6.15. The number of carbonyl (C=O) groups is 1. The molecule has 0 radical (unpaired) electrons. The van der Waals surface area contributed by atoms with Crippen LogP contribution >= 0.6 is 0 Å². The molecule has 0 amide bonds. The lowest BCUT2D eigenvalue weighted by atomic mass is 9.99. The molecule has 1 aliphatic rings. The fourth-order valence-electron chi connectivity index (χ4n) is 2.79. The van der Waals surface area contributed by atoms with Gasteiger partial charge in [0.1, 0.15) is 12.3 Å². The van der Waals surface area contributed by atoms with E-state index in [1.165, 1.54) is 6.07 Å². The number of rotatable bonds is 3. The van der Waals surface area contributed by atoms with Gasteiger partial charge in [0, 0.05) is 5.56 Å². The molecule has 4 heteroatoms. The van der Waals surface area contributed by atoms with Crippen LogP contribution in [0.3, 0.4) is 0 Å². The fraction of sp³-hybridized carbons (Fsp3) is 0.211. The summed E-state index contributed by atoms with van der Waals surface area (Å²) < 4.78 is 5.82. The van der Waals surface area contributed by atoms with Crippen molar-refractivity contribution in [1.29, 1.82) is 0 Å². The number of carbonyl (C=O) groups excluding carboxylic acids is 1.